The lowest BCUT2D eigenvalue weighted by Gasteiger charge is -2.40. The Morgan fingerprint density at radius 2 is 1.06 bits per heavy atom. The van der Waals surface area contributed by atoms with E-state index in [-0.39, 0.29) is 19.4 Å². The number of carbonyl (C=O) groups excluding carboxylic acids is 2. The Morgan fingerprint density at radius 3 is 1.66 bits per heavy atom. The Morgan fingerprint density at radius 1 is 0.565 bits per heavy atom. The van der Waals surface area contributed by atoms with Crippen LogP contribution >= 0.6 is 0 Å². The average Bonchev–Trinajstić information content (AvgIpc) is 3.24. The lowest BCUT2D eigenvalue weighted by Crippen LogP contribution is -2.60. The third-order valence-electron chi connectivity index (χ3n) is 9.79. The molecule has 6 atom stereocenters. The summed E-state index contributed by atoms with van der Waals surface area (Å²) < 4.78 is 54.0. The minimum atomic E-state index is -4.62. The highest BCUT2D eigenvalue weighted by Crippen LogP contribution is 2.24. The number of esters is 2. The van der Waals surface area contributed by atoms with Crippen molar-refractivity contribution in [2.45, 2.75) is 179 Å². The van der Waals surface area contributed by atoms with Gasteiger partial charge in [0, 0.05) is 12.8 Å². The van der Waals surface area contributed by atoms with Crippen molar-refractivity contribution >= 4 is 22.1 Å². The summed E-state index contributed by atoms with van der Waals surface area (Å²) in [6.07, 6.45) is 41.8. The summed E-state index contributed by atoms with van der Waals surface area (Å²) >= 11 is 0. The maximum Gasteiger partial charge on any atom is 0.306 e. The highest BCUT2D eigenvalue weighted by Gasteiger charge is 2.46. The van der Waals surface area contributed by atoms with E-state index in [9.17, 15) is 37.9 Å². The molecule has 0 amide bonds. The molecule has 1 fully saturated rings. The van der Waals surface area contributed by atoms with Crippen LogP contribution in [0, 0.1) is 0 Å². The van der Waals surface area contributed by atoms with Gasteiger partial charge in [-0.05, 0) is 57.8 Å². The van der Waals surface area contributed by atoms with Gasteiger partial charge in [-0.25, -0.2) is 0 Å². The molecule has 62 heavy (non-hydrogen) atoms. The van der Waals surface area contributed by atoms with Crippen LogP contribution in [0.15, 0.2) is 97.2 Å². The van der Waals surface area contributed by atoms with Gasteiger partial charge in [0.1, 0.15) is 36.8 Å². The second kappa shape index (κ2) is 38.1. The molecular weight excluding hydrogens is 813 g/mol. The maximum atomic E-state index is 12.8. The van der Waals surface area contributed by atoms with Gasteiger partial charge in [0.05, 0.1) is 6.61 Å². The molecule has 0 saturated carbocycles. The number of rotatable bonds is 36. The number of unbranched alkanes of at least 4 members (excludes halogenated alkanes) is 12. The van der Waals surface area contributed by atoms with Crippen molar-refractivity contribution < 1.29 is 56.8 Å². The molecule has 0 aromatic carbocycles. The number of aliphatic hydroxyl groups is 3. The molecule has 1 saturated heterocycles. The van der Waals surface area contributed by atoms with Crippen LogP contribution in [-0.4, -0.2) is 96.0 Å². The first-order valence-electron chi connectivity index (χ1n) is 22.9. The highest BCUT2D eigenvalue weighted by atomic mass is 32.2. The summed E-state index contributed by atoms with van der Waals surface area (Å²) in [4.78, 5) is 25.4. The van der Waals surface area contributed by atoms with E-state index in [2.05, 4.69) is 56.4 Å². The van der Waals surface area contributed by atoms with Crippen molar-refractivity contribution in [3.05, 3.63) is 97.2 Å². The molecule has 12 nitrogen and oxygen atoms in total. The van der Waals surface area contributed by atoms with Gasteiger partial charge in [0.2, 0.25) is 0 Å². The molecule has 0 bridgehead atoms. The van der Waals surface area contributed by atoms with Crippen molar-refractivity contribution in [2.24, 2.45) is 0 Å². The highest BCUT2D eigenvalue weighted by molar-refractivity contribution is 7.85. The van der Waals surface area contributed by atoms with Crippen LogP contribution < -0.4 is 0 Å². The van der Waals surface area contributed by atoms with Gasteiger partial charge in [0.25, 0.3) is 10.1 Å². The van der Waals surface area contributed by atoms with Crippen molar-refractivity contribution in [3.63, 3.8) is 0 Å². The number of ether oxygens (including phenoxy) is 4. The smallest absolute Gasteiger partial charge is 0.306 e. The molecule has 0 radical (unpaired) electrons. The lowest BCUT2D eigenvalue weighted by molar-refractivity contribution is -0.297. The van der Waals surface area contributed by atoms with E-state index < -0.39 is 71.2 Å². The monoisotopic (exact) mass is 891 g/mol. The van der Waals surface area contributed by atoms with E-state index >= 15 is 0 Å². The van der Waals surface area contributed by atoms with E-state index in [1.165, 1.54) is 44.9 Å². The third-order valence-corrected chi connectivity index (χ3v) is 10.5. The normalized spacial score (nSPS) is 20.8. The molecule has 352 valence electrons. The molecule has 4 N–H and O–H groups in total. The number of aliphatic hydroxyl groups excluding tert-OH is 3. The summed E-state index contributed by atoms with van der Waals surface area (Å²) in [6, 6.07) is 0. The number of hydrogen-bond acceptors (Lipinski definition) is 11. The van der Waals surface area contributed by atoms with Gasteiger partial charge in [-0.1, -0.05) is 169 Å². The Bertz CT molecular complexity index is 1510. The summed E-state index contributed by atoms with van der Waals surface area (Å²) in [5.41, 5.74) is 0. The molecule has 3 unspecified atom stereocenters. The summed E-state index contributed by atoms with van der Waals surface area (Å²) in [5, 5.41) is 30.9. The zero-order chi connectivity index (χ0) is 45.5. The van der Waals surface area contributed by atoms with Crippen LogP contribution in [0.4, 0.5) is 0 Å². The SMILES string of the molecule is CC/C=C/C=C/C=C/C=C/C=C/CCCC(=O)OC(COC(=O)CCCCCCCCCCCCC/C=C/C/C=C/C/C=C/CC)CO[C@H]1O[C@H](CS(=O)(=O)O)[C@@H](O)C(O)C1O. The molecule has 0 aromatic rings. The fraction of sp³-hybridized carbons (Fsp3) is 0.633. The van der Waals surface area contributed by atoms with E-state index in [0.29, 0.717) is 19.3 Å². The van der Waals surface area contributed by atoms with Gasteiger partial charge in [-0.2, -0.15) is 8.42 Å². The van der Waals surface area contributed by atoms with Gasteiger partial charge in [-0.3, -0.25) is 14.1 Å². The number of allylic oxidation sites excluding steroid dienone is 16. The molecule has 13 heteroatoms. The van der Waals surface area contributed by atoms with Gasteiger partial charge < -0.3 is 34.3 Å². The topological polar surface area (TPSA) is 186 Å². The maximum absolute atomic E-state index is 12.8. The van der Waals surface area contributed by atoms with Crippen LogP contribution in [0.3, 0.4) is 0 Å². The van der Waals surface area contributed by atoms with Crippen molar-refractivity contribution in [1.29, 1.82) is 0 Å². The molecule has 1 rings (SSSR count). The molecule has 1 aliphatic heterocycles. The predicted octanol–water partition coefficient (Wildman–Crippen LogP) is 9.44. The first-order valence-corrected chi connectivity index (χ1v) is 24.5. The zero-order valence-electron chi connectivity index (χ0n) is 37.4. The lowest BCUT2D eigenvalue weighted by atomic mass is 10.00. The molecule has 0 aromatic heterocycles. The summed E-state index contributed by atoms with van der Waals surface area (Å²) in [5.74, 6) is -2.10. The zero-order valence-corrected chi connectivity index (χ0v) is 38.2. The molecule has 0 aliphatic carbocycles. The van der Waals surface area contributed by atoms with Crippen LogP contribution in [0.2, 0.25) is 0 Å². The van der Waals surface area contributed by atoms with Crippen molar-refractivity contribution in [3.8, 4) is 0 Å². The van der Waals surface area contributed by atoms with Crippen LogP contribution in [0.5, 0.6) is 0 Å². The molecule has 1 heterocycles. The van der Waals surface area contributed by atoms with E-state index in [1.54, 1.807) is 0 Å². The van der Waals surface area contributed by atoms with E-state index in [0.717, 1.165) is 51.4 Å². The van der Waals surface area contributed by atoms with Crippen LogP contribution in [-0.2, 0) is 38.7 Å². The fourth-order valence-corrected chi connectivity index (χ4v) is 7.00. The molecular formula is C49H78O12S. The summed E-state index contributed by atoms with van der Waals surface area (Å²) in [7, 11) is -4.62. The minimum Gasteiger partial charge on any atom is -0.462 e. The first kappa shape index (κ1) is 56.6. The van der Waals surface area contributed by atoms with Gasteiger partial charge >= 0.3 is 11.9 Å². The summed E-state index contributed by atoms with van der Waals surface area (Å²) in [6.45, 7) is 3.43. The van der Waals surface area contributed by atoms with Crippen LogP contribution in [0.1, 0.15) is 142 Å². The quantitative estimate of drug-likeness (QED) is 0.0154. The Labute approximate surface area is 373 Å². The first-order chi connectivity index (χ1) is 30.0. The van der Waals surface area contributed by atoms with E-state index in [4.69, 9.17) is 18.9 Å². The van der Waals surface area contributed by atoms with Crippen molar-refractivity contribution in [2.75, 3.05) is 19.0 Å². The van der Waals surface area contributed by atoms with Crippen molar-refractivity contribution in [1.82, 2.24) is 0 Å². The second-order valence-corrected chi connectivity index (χ2v) is 16.9. The second-order valence-electron chi connectivity index (χ2n) is 15.4. The van der Waals surface area contributed by atoms with Crippen LogP contribution in [0.25, 0.3) is 0 Å². The number of hydrogen-bond donors (Lipinski definition) is 4. The Balaban J connectivity index is 2.44. The average molecular weight is 891 g/mol. The predicted molar refractivity (Wildman–Crippen MR) is 247 cm³/mol. The third kappa shape index (κ3) is 32.3. The molecule has 0 spiro atoms. The minimum absolute atomic E-state index is 0.0621. The fourth-order valence-electron chi connectivity index (χ4n) is 6.31. The van der Waals surface area contributed by atoms with Gasteiger partial charge in [-0.15, -0.1) is 0 Å². The largest absolute Gasteiger partial charge is 0.462 e. The Hall–Kier alpha value is -3.43. The van der Waals surface area contributed by atoms with Gasteiger partial charge in [0.15, 0.2) is 12.4 Å². The number of carbonyl (C=O) groups is 2. The Kier molecular flexibility index (Phi) is 34.7. The molecule has 1 aliphatic rings. The van der Waals surface area contributed by atoms with E-state index in [1.807, 2.05) is 54.7 Å². The standard InChI is InChI=1S/C49H78O12S/c1-3-5-7-9-11-13-15-17-18-19-20-21-22-23-24-26-27-29-31-33-35-37-44(50)58-39-42(40-59-49-48(54)47(53)46(52)43(61-49)41-62(55,56)57)60-45(51)38-36-34-32-30-28-25-16-14-12-10-8-6-4-2/h5-8,10-14,16-18,25,28,30,32,42-43,46-49,52-54H,3-4,9,15,19-24,26-27,29,31,33-41H2,1-2H3,(H,55,56,57)/b7-5+,8-6+,12-10+,13-11+,16-14+,18-17+,28-25+,32-30+/t42?,43-,46-,47?,48?,49+/m1/s1.